The molecule has 0 saturated carbocycles. The van der Waals surface area contributed by atoms with Crippen LogP contribution in [0.15, 0.2) is 54.9 Å². The largest absolute Gasteiger partial charge is 0.489 e. The molecule has 0 aliphatic carbocycles. The van der Waals surface area contributed by atoms with Gasteiger partial charge in [-0.2, -0.15) is 5.10 Å². The Hall–Kier alpha value is -2.82. The standard InChI is InChI=1S/C17H18N4O/c1-13-2-4-15(5-3-13)11-22-16-8-6-14(7-9-16)10-18-17-19-12-20-21-17/h2-9,12H,10-11H2,1H3,(H2,18,19,20,21). The van der Waals surface area contributed by atoms with Gasteiger partial charge < -0.3 is 10.1 Å². The summed E-state index contributed by atoms with van der Waals surface area (Å²) in [6.07, 6.45) is 1.48. The Labute approximate surface area is 129 Å². The van der Waals surface area contributed by atoms with Crippen molar-refractivity contribution in [1.29, 1.82) is 0 Å². The van der Waals surface area contributed by atoms with Crippen LogP contribution in [-0.4, -0.2) is 15.2 Å². The average Bonchev–Trinajstić information content (AvgIpc) is 3.07. The molecule has 3 rings (SSSR count). The van der Waals surface area contributed by atoms with E-state index in [1.54, 1.807) is 0 Å². The van der Waals surface area contributed by atoms with E-state index in [2.05, 4.69) is 51.7 Å². The van der Waals surface area contributed by atoms with Crippen molar-refractivity contribution >= 4 is 5.95 Å². The molecule has 5 nitrogen and oxygen atoms in total. The zero-order valence-corrected chi connectivity index (χ0v) is 12.4. The topological polar surface area (TPSA) is 62.8 Å². The Balaban J connectivity index is 1.51. The van der Waals surface area contributed by atoms with Gasteiger partial charge in [-0.15, -0.1) is 0 Å². The van der Waals surface area contributed by atoms with E-state index in [1.165, 1.54) is 17.5 Å². The van der Waals surface area contributed by atoms with E-state index in [0.29, 0.717) is 19.1 Å². The summed E-state index contributed by atoms with van der Waals surface area (Å²) in [6.45, 7) is 3.35. The highest BCUT2D eigenvalue weighted by molar-refractivity contribution is 5.31. The van der Waals surface area contributed by atoms with Crippen LogP contribution in [0.1, 0.15) is 16.7 Å². The summed E-state index contributed by atoms with van der Waals surface area (Å²) in [5, 5.41) is 9.71. The van der Waals surface area contributed by atoms with Crippen LogP contribution in [-0.2, 0) is 13.2 Å². The molecule has 3 aromatic rings. The molecule has 1 aromatic heterocycles. The molecule has 0 atom stereocenters. The minimum Gasteiger partial charge on any atom is -0.489 e. The Morgan fingerprint density at radius 2 is 1.73 bits per heavy atom. The lowest BCUT2D eigenvalue weighted by molar-refractivity contribution is 0.306. The molecule has 22 heavy (non-hydrogen) atoms. The Bertz CT molecular complexity index is 691. The molecule has 1 heterocycles. The number of anilines is 1. The van der Waals surface area contributed by atoms with Gasteiger partial charge in [0, 0.05) is 6.54 Å². The molecule has 0 fully saturated rings. The van der Waals surface area contributed by atoms with Crippen LogP contribution in [0.25, 0.3) is 0 Å². The molecule has 2 aromatic carbocycles. The first-order chi connectivity index (χ1) is 10.8. The van der Waals surface area contributed by atoms with Gasteiger partial charge in [0.25, 0.3) is 0 Å². The van der Waals surface area contributed by atoms with Crippen molar-refractivity contribution in [2.75, 3.05) is 5.32 Å². The Morgan fingerprint density at radius 1 is 1.00 bits per heavy atom. The SMILES string of the molecule is Cc1ccc(COc2ccc(CNc3ncn[nH]3)cc2)cc1. The number of aromatic amines is 1. The third-order valence-corrected chi connectivity index (χ3v) is 3.32. The second kappa shape index (κ2) is 6.76. The third-order valence-electron chi connectivity index (χ3n) is 3.32. The highest BCUT2D eigenvalue weighted by atomic mass is 16.5. The van der Waals surface area contributed by atoms with Crippen LogP contribution in [0, 0.1) is 6.92 Å². The summed E-state index contributed by atoms with van der Waals surface area (Å²) in [5.74, 6) is 1.53. The normalized spacial score (nSPS) is 10.4. The molecule has 112 valence electrons. The van der Waals surface area contributed by atoms with Gasteiger partial charge in [0.1, 0.15) is 18.7 Å². The van der Waals surface area contributed by atoms with Crippen molar-refractivity contribution in [3.63, 3.8) is 0 Å². The molecule has 0 bridgehead atoms. The molecular formula is C17H18N4O. The number of nitrogens with zero attached hydrogens (tertiary/aromatic N) is 2. The smallest absolute Gasteiger partial charge is 0.218 e. The Kier molecular flexibility index (Phi) is 4.34. The number of hydrogen-bond acceptors (Lipinski definition) is 4. The first-order valence-electron chi connectivity index (χ1n) is 7.16. The lowest BCUT2D eigenvalue weighted by Gasteiger charge is -2.08. The highest BCUT2D eigenvalue weighted by Gasteiger charge is 1.99. The second-order valence-corrected chi connectivity index (χ2v) is 5.11. The highest BCUT2D eigenvalue weighted by Crippen LogP contribution is 2.15. The van der Waals surface area contributed by atoms with Crippen molar-refractivity contribution in [3.8, 4) is 5.75 Å². The van der Waals surface area contributed by atoms with Crippen LogP contribution >= 0.6 is 0 Å². The van der Waals surface area contributed by atoms with Crippen LogP contribution in [0.4, 0.5) is 5.95 Å². The summed E-state index contributed by atoms with van der Waals surface area (Å²) in [4.78, 5) is 4.02. The molecule has 0 saturated heterocycles. The summed E-state index contributed by atoms with van der Waals surface area (Å²) < 4.78 is 5.79. The fourth-order valence-electron chi connectivity index (χ4n) is 2.03. The van der Waals surface area contributed by atoms with Crippen LogP contribution in [0.5, 0.6) is 5.75 Å². The summed E-state index contributed by atoms with van der Waals surface area (Å²) in [5.41, 5.74) is 3.58. The molecule has 0 aliphatic rings. The number of nitrogens with one attached hydrogen (secondary N) is 2. The van der Waals surface area contributed by atoms with Crippen molar-refractivity contribution < 1.29 is 4.74 Å². The monoisotopic (exact) mass is 294 g/mol. The molecule has 5 heteroatoms. The molecule has 0 unspecified atom stereocenters. The van der Waals surface area contributed by atoms with Gasteiger partial charge in [0.15, 0.2) is 0 Å². The fraction of sp³-hybridized carbons (Fsp3) is 0.176. The zero-order chi connectivity index (χ0) is 15.2. The maximum atomic E-state index is 5.79. The predicted molar refractivity (Wildman–Crippen MR) is 85.7 cm³/mol. The lowest BCUT2D eigenvalue weighted by atomic mass is 10.2. The van der Waals surface area contributed by atoms with Gasteiger partial charge in [-0.1, -0.05) is 42.0 Å². The van der Waals surface area contributed by atoms with E-state index in [9.17, 15) is 0 Å². The van der Waals surface area contributed by atoms with Crippen LogP contribution < -0.4 is 10.1 Å². The van der Waals surface area contributed by atoms with Crippen molar-refractivity contribution in [3.05, 3.63) is 71.5 Å². The van der Waals surface area contributed by atoms with Gasteiger partial charge in [-0.25, -0.2) is 10.1 Å². The lowest BCUT2D eigenvalue weighted by Crippen LogP contribution is -2.01. The number of H-pyrrole nitrogens is 1. The summed E-state index contributed by atoms with van der Waals surface area (Å²) in [6, 6.07) is 16.4. The number of ether oxygens (including phenoxy) is 1. The van der Waals surface area contributed by atoms with Crippen LogP contribution in [0.3, 0.4) is 0 Å². The van der Waals surface area contributed by atoms with E-state index in [-0.39, 0.29) is 0 Å². The number of benzene rings is 2. The van der Waals surface area contributed by atoms with E-state index < -0.39 is 0 Å². The van der Waals surface area contributed by atoms with E-state index >= 15 is 0 Å². The minimum atomic E-state index is 0.579. The van der Waals surface area contributed by atoms with Gasteiger partial charge in [0.2, 0.25) is 5.95 Å². The molecule has 0 radical (unpaired) electrons. The first-order valence-corrected chi connectivity index (χ1v) is 7.16. The summed E-state index contributed by atoms with van der Waals surface area (Å²) >= 11 is 0. The predicted octanol–water partition coefficient (Wildman–Crippen LogP) is 3.30. The summed E-state index contributed by atoms with van der Waals surface area (Å²) in [7, 11) is 0. The number of rotatable bonds is 6. The maximum absolute atomic E-state index is 5.79. The Morgan fingerprint density at radius 3 is 2.41 bits per heavy atom. The average molecular weight is 294 g/mol. The number of hydrogen-bond donors (Lipinski definition) is 2. The minimum absolute atomic E-state index is 0.579. The van der Waals surface area contributed by atoms with Crippen molar-refractivity contribution in [1.82, 2.24) is 15.2 Å². The van der Waals surface area contributed by atoms with Crippen LogP contribution in [0.2, 0.25) is 0 Å². The molecular weight excluding hydrogens is 276 g/mol. The number of aryl methyl sites for hydroxylation is 1. The fourth-order valence-corrected chi connectivity index (χ4v) is 2.03. The molecule has 0 amide bonds. The third kappa shape index (κ3) is 3.85. The molecule has 0 spiro atoms. The molecule has 2 N–H and O–H groups in total. The van der Waals surface area contributed by atoms with Gasteiger partial charge in [-0.3, -0.25) is 0 Å². The van der Waals surface area contributed by atoms with Gasteiger partial charge >= 0.3 is 0 Å². The molecule has 0 aliphatic heterocycles. The van der Waals surface area contributed by atoms with Gasteiger partial charge in [-0.05, 0) is 30.2 Å². The maximum Gasteiger partial charge on any atom is 0.218 e. The quantitative estimate of drug-likeness (QED) is 0.732. The van der Waals surface area contributed by atoms with Gasteiger partial charge in [0.05, 0.1) is 0 Å². The number of aromatic nitrogens is 3. The van der Waals surface area contributed by atoms with E-state index in [1.807, 2.05) is 24.3 Å². The second-order valence-electron chi connectivity index (χ2n) is 5.11. The van der Waals surface area contributed by atoms with Crippen molar-refractivity contribution in [2.24, 2.45) is 0 Å². The van der Waals surface area contributed by atoms with E-state index in [0.717, 1.165) is 11.3 Å². The van der Waals surface area contributed by atoms with Crippen molar-refractivity contribution in [2.45, 2.75) is 20.1 Å². The van der Waals surface area contributed by atoms with E-state index in [4.69, 9.17) is 4.74 Å². The first kappa shape index (κ1) is 14.1. The zero-order valence-electron chi connectivity index (χ0n) is 12.4.